The lowest BCUT2D eigenvalue weighted by Gasteiger charge is -2.32. The Morgan fingerprint density at radius 1 is 1.19 bits per heavy atom. The minimum atomic E-state index is -0.352. The second kappa shape index (κ2) is 5.81. The van der Waals surface area contributed by atoms with Gasteiger partial charge in [0.25, 0.3) is 0 Å². The van der Waals surface area contributed by atoms with Crippen LogP contribution in [0.15, 0.2) is 24.3 Å². The molecule has 4 nitrogen and oxygen atoms in total. The molecular formula is C16H24BNO3. The second-order valence-electron chi connectivity index (χ2n) is 6.51. The van der Waals surface area contributed by atoms with Crippen LogP contribution in [0.25, 0.3) is 0 Å². The van der Waals surface area contributed by atoms with Crippen LogP contribution in [-0.4, -0.2) is 31.3 Å². The highest BCUT2D eigenvalue weighted by Crippen LogP contribution is 2.36. The van der Waals surface area contributed by atoms with Crippen molar-refractivity contribution in [1.29, 1.82) is 0 Å². The highest BCUT2D eigenvalue weighted by Gasteiger charge is 2.51. The average Bonchev–Trinajstić information content (AvgIpc) is 2.65. The molecule has 1 aliphatic heterocycles. The van der Waals surface area contributed by atoms with Crippen LogP contribution >= 0.6 is 0 Å². The zero-order chi connectivity index (χ0) is 15.7. The Balaban J connectivity index is 2.10. The summed E-state index contributed by atoms with van der Waals surface area (Å²) < 4.78 is 12.1. The van der Waals surface area contributed by atoms with Gasteiger partial charge in [0.05, 0.1) is 11.2 Å². The number of hydrogen-bond acceptors (Lipinski definition) is 3. The van der Waals surface area contributed by atoms with Crippen LogP contribution in [0.3, 0.4) is 0 Å². The molecule has 0 bridgehead atoms. The van der Waals surface area contributed by atoms with E-state index in [1.54, 1.807) is 7.05 Å². The molecule has 1 aliphatic rings. The number of carbonyl (C=O) groups is 1. The van der Waals surface area contributed by atoms with Crippen molar-refractivity contribution in [3.05, 3.63) is 29.8 Å². The van der Waals surface area contributed by atoms with E-state index >= 15 is 0 Å². The van der Waals surface area contributed by atoms with Crippen LogP contribution in [0.4, 0.5) is 0 Å². The molecule has 1 aromatic carbocycles. The van der Waals surface area contributed by atoms with Crippen LogP contribution in [0.2, 0.25) is 0 Å². The fourth-order valence-electron chi connectivity index (χ4n) is 2.26. The molecule has 114 valence electrons. The van der Waals surface area contributed by atoms with Gasteiger partial charge in [-0.15, -0.1) is 0 Å². The monoisotopic (exact) mass is 289 g/mol. The van der Waals surface area contributed by atoms with Gasteiger partial charge in [0, 0.05) is 13.5 Å². The van der Waals surface area contributed by atoms with Crippen LogP contribution in [0.5, 0.6) is 0 Å². The van der Waals surface area contributed by atoms with Gasteiger partial charge in [-0.1, -0.05) is 24.3 Å². The fourth-order valence-corrected chi connectivity index (χ4v) is 2.26. The Morgan fingerprint density at radius 2 is 1.81 bits per heavy atom. The SMILES string of the molecule is CNC(=O)CCc1cccc(B2OC(C)(C)C(C)(C)O2)c1. The molecule has 1 fully saturated rings. The maximum Gasteiger partial charge on any atom is 0.494 e. The summed E-state index contributed by atoms with van der Waals surface area (Å²) in [5.41, 5.74) is 1.44. The van der Waals surface area contributed by atoms with Crippen molar-refractivity contribution < 1.29 is 14.1 Å². The van der Waals surface area contributed by atoms with Crippen molar-refractivity contribution in [2.75, 3.05) is 7.05 Å². The molecule has 2 rings (SSSR count). The van der Waals surface area contributed by atoms with E-state index in [0.717, 1.165) is 11.0 Å². The largest absolute Gasteiger partial charge is 0.494 e. The maximum absolute atomic E-state index is 11.3. The lowest BCUT2D eigenvalue weighted by atomic mass is 9.78. The number of hydrogen-bond donors (Lipinski definition) is 1. The molecule has 0 aliphatic carbocycles. The molecule has 5 heteroatoms. The van der Waals surface area contributed by atoms with Gasteiger partial charge in [-0.05, 0) is 45.1 Å². The Hall–Kier alpha value is -1.33. The molecule has 0 aromatic heterocycles. The minimum Gasteiger partial charge on any atom is -0.399 e. The van der Waals surface area contributed by atoms with E-state index in [1.807, 2.05) is 45.9 Å². The van der Waals surface area contributed by atoms with Crippen LogP contribution < -0.4 is 10.8 Å². The van der Waals surface area contributed by atoms with E-state index in [4.69, 9.17) is 9.31 Å². The van der Waals surface area contributed by atoms with Crippen LogP contribution in [0, 0.1) is 0 Å². The molecule has 1 heterocycles. The predicted octanol–water partition coefficient (Wildman–Crippen LogP) is 1.66. The van der Waals surface area contributed by atoms with Crippen LogP contribution in [-0.2, 0) is 20.5 Å². The summed E-state index contributed by atoms with van der Waals surface area (Å²) in [6.45, 7) is 8.18. The van der Waals surface area contributed by atoms with Gasteiger partial charge in [-0.2, -0.15) is 0 Å². The van der Waals surface area contributed by atoms with Gasteiger partial charge >= 0.3 is 7.12 Å². The van der Waals surface area contributed by atoms with Gasteiger partial charge in [0.1, 0.15) is 0 Å². The van der Waals surface area contributed by atoms with Crippen molar-refractivity contribution in [3.63, 3.8) is 0 Å². The first-order chi connectivity index (χ1) is 9.75. The Bertz CT molecular complexity index is 512. The highest BCUT2D eigenvalue weighted by atomic mass is 16.7. The smallest absolute Gasteiger partial charge is 0.399 e. The number of nitrogens with one attached hydrogen (secondary N) is 1. The lowest BCUT2D eigenvalue weighted by Crippen LogP contribution is -2.41. The van der Waals surface area contributed by atoms with E-state index < -0.39 is 0 Å². The maximum atomic E-state index is 11.3. The summed E-state index contributed by atoms with van der Waals surface area (Å²) in [7, 11) is 1.30. The number of rotatable bonds is 4. The standard InChI is InChI=1S/C16H24BNO3/c1-15(2)16(3,4)21-17(20-15)13-8-6-7-12(11-13)9-10-14(19)18-5/h6-8,11H,9-10H2,1-5H3,(H,18,19). The lowest BCUT2D eigenvalue weighted by molar-refractivity contribution is -0.120. The van der Waals surface area contributed by atoms with Crippen molar-refractivity contribution >= 4 is 18.5 Å². The minimum absolute atomic E-state index is 0.0519. The second-order valence-corrected chi connectivity index (χ2v) is 6.51. The average molecular weight is 289 g/mol. The highest BCUT2D eigenvalue weighted by molar-refractivity contribution is 6.62. The molecule has 0 spiro atoms. The Morgan fingerprint density at radius 3 is 2.38 bits per heavy atom. The normalized spacial score (nSPS) is 19.6. The molecule has 0 unspecified atom stereocenters. The molecule has 0 atom stereocenters. The van der Waals surface area contributed by atoms with Gasteiger partial charge in [0.2, 0.25) is 5.91 Å². The summed E-state index contributed by atoms with van der Waals surface area (Å²) in [4.78, 5) is 11.3. The fraction of sp³-hybridized carbons (Fsp3) is 0.562. The summed E-state index contributed by atoms with van der Waals surface area (Å²) in [5, 5.41) is 2.64. The summed E-state index contributed by atoms with van der Waals surface area (Å²) in [6, 6.07) is 8.08. The van der Waals surface area contributed by atoms with Gasteiger partial charge in [0.15, 0.2) is 0 Å². The number of carbonyl (C=O) groups excluding carboxylic acids is 1. The van der Waals surface area contributed by atoms with Crippen molar-refractivity contribution in [2.24, 2.45) is 0 Å². The first-order valence-electron chi connectivity index (χ1n) is 7.40. The third-order valence-corrected chi connectivity index (χ3v) is 4.40. The molecular weight excluding hydrogens is 265 g/mol. The first kappa shape index (κ1) is 16.1. The topological polar surface area (TPSA) is 47.6 Å². The van der Waals surface area contributed by atoms with E-state index in [0.29, 0.717) is 12.8 Å². The molecule has 0 radical (unpaired) electrons. The molecule has 1 N–H and O–H groups in total. The van der Waals surface area contributed by atoms with E-state index in [1.165, 1.54) is 0 Å². The summed E-state index contributed by atoms with van der Waals surface area (Å²) >= 11 is 0. The zero-order valence-electron chi connectivity index (χ0n) is 13.5. The zero-order valence-corrected chi connectivity index (χ0v) is 13.5. The van der Waals surface area contributed by atoms with Gasteiger partial charge < -0.3 is 14.6 Å². The molecule has 1 amide bonds. The third kappa shape index (κ3) is 3.47. The quantitative estimate of drug-likeness (QED) is 0.858. The van der Waals surface area contributed by atoms with Crippen molar-refractivity contribution in [3.8, 4) is 0 Å². The predicted molar refractivity (Wildman–Crippen MR) is 84.5 cm³/mol. The van der Waals surface area contributed by atoms with Gasteiger partial charge in [-0.3, -0.25) is 4.79 Å². The number of aryl methyl sites for hydroxylation is 1. The first-order valence-corrected chi connectivity index (χ1v) is 7.40. The summed E-state index contributed by atoms with van der Waals surface area (Å²) in [5.74, 6) is 0.0519. The van der Waals surface area contributed by atoms with Gasteiger partial charge in [-0.25, -0.2) is 0 Å². The molecule has 21 heavy (non-hydrogen) atoms. The van der Waals surface area contributed by atoms with E-state index in [2.05, 4.69) is 11.4 Å². The molecule has 1 aromatic rings. The van der Waals surface area contributed by atoms with Crippen LogP contribution in [0.1, 0.15) is 39.7 Å². The summed E-state index contributed by atoms with van der Waals surface area (Å²) in [6.07, 6.45) is 1.20. The molecule has 0 saturated carbocycles. The van der Waals surface area contributed by atoms with E-state index in [-0.39, 0.29) is 24.2 Å². The molecule has 1 saturated heterocycles. The van der Waals surface area contributed by atoms with E-state index in [9.17, 15) is 4.79 Å². The van der Waals surface area contributed by atoms with Crippen molar-refractivity contribution in [2.45, 2.75) is 51.7 Å². The third-order valence-electron chi connectivity index (χ3n) is 4.40. The van der Waals surface area contributed by atoms with Crippen molar-refractivity contribution in [1.82, 2.24) is 5.32 Å². The Kier molecular flexibility index (Phi) is 4.44. The Labute approximate surface area is 127 Å². The number of amides is 1. The number of benzene rings is 1.